The first-order valence-electron chi connectivity index (χ1n) is 9.11. The summed E-state index contributed by atoms with van der Waals surface area (Å²) in [6.07, 6.45) is 1.11. The van der Waals surface area contributed by atoms with Crippen molar-refractivity contribution < 1.29 is 23.0 Å². The first-order valence-corrected chi connectivity index (χ1v) is 9.11. The molecule has 0 aromatic heterocycles. The van der Waals surface area contributed by atoms with Gasteiger partial charge in [0, 0.05) is 38.4 Å². The van der Waals surface area contributed by atoms with Crippen molar-refractivity contribution >= 4 is 5.69 Å². The second-order valence-electron chi connectivity index (χ2n) is 7.03. The van der Waals surface area contributed by atoms with Gasteiger partial charge in [0.05, 0.1) is 18.3 Å². The average molecular weight is 384 g/mol. The molecule has 0 unspecified atom stereocenters. The third kappa shape index (κ3) is 6.13. The lowest BCUT2D eigenvalue weighted by molar-refractivity contribution is -0.137. The second kappa shape index (κ2) is 8.96. The molecule has 1 aliphatic rings. The summed E-state index contributed by atoms with van der Waals surface area (Å²) in [5, 5.41) is 10.2. The van der Waals surface area contributed by atoms with E-state index in [0.29, 0.717) is 44.8 Å². The Hall–Kier alpha value is -1.75. The van der Waals surface area contributed by atoms with E-state index in [1.165, 1.54) is 12.1 Å². The van der Waals surface area contributed by atoms with Gasteiger partial charge in [-0.1, -0.05) is 18.9 Å². The molecule has 150 valence electrons. The van der Waals surface area contributed by atoms with Crippen LogP contribution >= 0.6 is 0 Å². The molecule has 1 aliphatic heterocycles. The zero-order valence-electron chi connectivity index (χ0n) is 15.8. The number of aliphatic hydroxyl groups excluding tert-OH is 1. The van der Waals surface area contributed by atoms with Crippen LogP contribution in [0.15, 0.2) is 24.3 Å². The van der Waals surface area contributed by atoms with E-state index in [2.05, 4.69) is 10.8 Å². The number of β-amino-alcohol motifs (C(OH)–C–C–N with tert-alkyl or cyclic N) is 1. The van der Waals surface area contributed by atoms with Crippen LogP contribution in [-0.2, 0) is 10.9 Å². The number of anilines is 1. The zero-order valence-corrected chi connectivity index (χ0v) is 15.8. The van der Waals surface area contributed by atoms with Crippen molar-refractivity contribution in [3.05, 3.63) is 29.8 Å². The predicted molar refractivity (Wildman–Crippen MR) is 99.6 cm³/mol. The molecule has 2 rings (SSSR count). The highest BCUT2D eigenvalue weighted by molar-refractivity contribution is 5.49. The van der Waals surface area contributed by atoms with E-state index >= 15 is 0 Å². The number of piperazine rings is 1. The maximum atomic E-state index is 12.9. The Morgan fingerprint density at radius 1 is 1.26 bits per heavy atom. The smallest absolute Gasteiger partial charge is 0.389 e. The number of hydrogen-bond donors (Lipinski definition) is 1. The Kier molecular flexibility index (Phi) is 7.15. The summed E-state index contributed by atoms with van der Waals surface area (Å²) in [7, 11) is 0. The van der Waals surface area contributed by atoms with Crippen molar-refractivity contribution in [1.82, 2.24) is 4.90 Å². The van der Waals surface area contributed by atoms with E-state index in [-0.39, 0.29) is 6.61 Å². The van der Waals surface area contributed by atoms with Crippen LogP contribution in [0.3, 0.4) is 0 Å². The summed E-state index contributed by atoms with van der Waals surface area (Å²) in [6, 6.07) is 5.39. The number of halogens is 3. The Labute approximate surface area is 158 Å². The first-order chi connectivity index (χ1) is 12.7. The van der Waals surface area contributed by atoms with Crippen LogP contribution < -0.4 is 4.90 Å². The van der Waals surface area contributed by atoms with Gasteiger partial charge >= 0.3 is 6.18 Å². The molecule has 1 aromatic rings. The standard InChI is InChI=1S/C20H27F3N2O2/c1-4-19(3,5-2)27-15-18(26)14-24-9-11-25(12-10-24)17-8-6-7-16(13-17)20(21,22)23/h1,6-8,13,18,26H,5,9-12,14-15H2,2-3H3/t18-,19-/m0/s1. The second-order valence-corrected chi connectivity index (χ2v) is 7.03. The highest BCUT2D eigenvalue weighted by Crippen LogP contribution is 2.31. The van der Waals surface area contributed by atoms with E-state index < -0.39 is 23.4 Å². The topological polar surface area (TPSA) is 35.9 Å². The van der Waals surface area contributed by atoms with Gasteiger partial charge < -0.3 is 14.7 Å². The van der Waals surface area contributed by atoms with E-state index in [1.807, 2.05) is 18.7 Å². The molecule has 27 heavy (non-hydrogen) atoms. The monoisotopic (exact) mass is 384 g/mol. The van der Waals surface area contributed by atoms with Crippen molar-refractivity contribution in [3.63, 3.8) is 0 Å². The molecule has 0 bridgehead atoms. The molecule has 4 nitrogen and oxygen atoms in total. The van der Waals surface area contributed by atoms with Gasteiger partial charge in [0.15, 0.2) is 0 Å². The molecule has 1 heterocycles. The predicted octanol–water partition coefficient (Wildman–Crippen LogP) is 3.01. The van der Waals surface area contributed by atoms with Gasteiger partial charge in [0.25, 0.3) is 0 Å². The van der Waals surface area contributed by atoms with E-state index in [0.717, 1.165) is 6.07 Å². The number of ether oxygens (including phenoxy) is 1. The van der Waals surface area contributed by atoms with Crippen molar-refractivity contribution in [3.8, 4) is 12.3 Å². The largest absolute Gasteiger partial charge is 0.416 e. The number of rotatable bonds is 7. The third-order valence-corrected chi connectivity index (χ3v) is 4.95. The quantitative estimate of drug-likeness (QED) is 0.734. The number of alkyl halides is 3. The van der Waals surface area contributed by atoms with Gasteiger partial charge in [0.1, 0.15) is 5.60 Å². The fraction of sp³-hybridized carbons (Fsp3) is 0.600. The van der Waals surface area contributed by atoms with Crippen LogP contribution in [0.25, 0.3) is 0 Å². The van der Waals surface area contributed by atoms with Gasteiger partial charge in [-0.3, -0.25) is 4.90 Å². The van der Waals surface area contributed by atoms with Gasteiger partial charge in [-0.05, 0) is 31.5 Å². The number of terminal acetylenes is 1. The minimum Gasteiger partial charge on any atom is -0.389 e. The summed E-state index contributed by atoms with van der Waals surface area (Å²) >= 11 is 0. The fourth-order valence-corrected chi connectivity index (χ4v) is 2.94. The molecule has 1 fully saturated rings. The van der Waals surface area contributed by atoms with Gasteiger partial charge in [-0.25, -0.2) is 0 Å². The van der Waals surface area contributed by atoms with Gasteiger partial charge in [0.2, 0.25) is 0 Å². The summed E-state index contributed by atoms with van der Waals surface area (Å²) in [5.74, 6) is 2.59. The number of benzene rings is 1. The Morgan fingerprint density at radius 2 is 1.93 bits per heavy atom. The van der Waals surface area contributed by atoms with Crippen LogP contribution in [-0.4, -0.2) is 61.0 Å². The van der Waals surface area contributed by atoms with Gasteiger partial charge in [-0.15, -0.1) is 6.42 Å². The minimum atomic E-state index is -4.34. The van der Waals surface area contributed by atoms with Crippen LogP contribution in [0.1, 0.15) is 25.8 Å². The molecule has 7 heteroatoms. The van der Waals surface area contributed by atoms with Crippen LogP contribution in [0.5, 0.6) is 0 Å². The average Bonchev–Trinajstić information content (AvgIpc) is 2.66. The molecule has 1 aromatic carbocycles. The lowest BCUT2D eigenvalue weighted by Gasteiger charge is -2.37. The van der Waals surface area contributed by atoms with Crippen LogP contribution in [0.4, 0.5) is 18.9 Å². The highest BCUT2D eigenvalue weighted by atomic mass is 19.4. The van der Waals surface area contributed by atoms with Crippen molar-refractivity contribution in [1.29, 1.82) is 0 Å². The molecular formula is C20H27F3N2O2. The van der Waals surface area contributed by atoms with Crippen molar-refractivity contribution in [2.24, 2.45) is 0 Å². The molecule has 1 N–H and O–H groups in total. The molecule has 0 aliphatic carbocycles. The molecule has 0 spiro atoms. The van der Waals surface area contributed by atoms with Crippen LogP contribution in [0.2, 0.25) is 0 Å². The first kappa shape index (κ1) is 21.5. The molecule has 1 saturated heterocycles. The number of nitrogens with zero attached hydrogens (tertiary/aromatic N) is 2. The Balaban J connectivity index is 1.83. The molecule has 2 atom stereocenters. The van der Waals surface area contributed by atoms with Crippen molar-refractivity contribution in [2.75, 3.05) is 44.2 Å². The fourth-order valence-electron chi connectivity index (χ4n) is 2.94. The third-order valence-electron chi connectivity index (χ3n) is 4.95. The minimum absolute atomic E-state index is 0.155. The zero-order chi connectivity index (χ0) is 20.1. The summed E-state index contributed by atoms with van der Waals surface area (Å²) in [6.45, 7) is 6.87. The highest BCUT2D eigenvalue weighted by Gasteiger charge is 2.31. The molecule has 0 amide bonds. The Morgan fingerprint density at radius 3 is 2.48 bits per heavy atom. The molecule has 0 radical (unpaired) electrons. The van der Waals surface area contributed by atoms with Gasteiger partial charge in [-0.2, -0.15) is 13.2 Å². The molecular weight excluding hydrogens is 357 g/mol. The lowest BCUT2D eigenvalue weighted by Crippen LogP contribution is -2.49. The summed E-state index contributed by atoms with van der Waals surface area (Å²) in [4.78, 5) is 4.01. The number of hydrogen-bond acceptors (Lipinski definition) is 4. The van der Waals surface area contributed by atoms with E-state index in [9.17, 15) is 18.3 Å². The van der Waals surface area contributed by atoms with Crippen LogP contribution in [0, 0.1) is 12.3 Å². The maximum Gasteiger partial charge on any atom is 0.416 e. The normalized spacial score (nSPS) is 19.4. The SMILES string of the molecule is C#C[C@@](C)(CC)OC[C@@H](O)CN1CCN(c2cccc(C(F)(F)F)c2)CC1. The van der Waals surface area contributed by atoms with E-state index in [4.69, 9.17) is 11.2 Å². The lowest BCUT2D eigenvalue weighted by atomic mass is 10.1. The Bertz CT molecular complexity index is 651. The maximum absolute atomic E-state index is 12.9. The number of aliphatic hydroxyl groups is 1. The van der Waals surface area contributed by atoms with E-state index in [1.54, 1.807) is 6.07 Å². The van der Waals surface area contributed by atoms with Crippen molar-refractivity contribution in [2.45, 2.75) is 38.1 Å². The summed E-state index contributed by atoms with van der Waals surface area (Å²) < 4.78 is 44.2. The summed E-state index contributed by atoms with van der Waals surface area (Å²) in [5.41, 5.74) is -0.744. The molecule has 0 saturated carbocycles.